The van der Waals surface area contributed by atoms with Crippen LogP contribution in [-0.4, -0.2) is 40.4 Å². The zero-order valence-electron chi connectivity index (χ0n) is 14.6. The molecular formula is C20H24N2O3. The van der Waals surface area contributed by atoms with Crippen LogP contribution in [0.5, 0.6) is 0 Å². The molecule has 0 saturated carbocycles. The Kier molecular flexibility index (Phi) is 4.77. The first-order valence-corrected chi connectivity index (χ1v) is 8.56. The largest absolute Gasteiger partial charge is 0.481 e. The smallest absolute Gasteiger partial charge is 0.312 e. The van der Waals surface area contributed by atoms with Gasteiger partial charge in [-0.3, -0.25) is 9.78 Å². The van der Waals surface area contributed by atoms with Gasteiger partial charge < -0.3 is 15.1 Å². The molecule has 0 radical (unpaired) electrons. The number of carboxylic acids is 1. The molecule has 0 bridgehead atoms. The van der Waals surface area contributed by atoms with E-state index in [1.807, 2.05) is 56.3 Å². The van der Waals surface area contributed by atoms with Crippen molar-refractivity contribution in [1.82, 2.24) is 4.98 Å². The van der Waals surface area contributed by atoms with Crippen molar-refractivity contribution in [3.05, 3.63) is 59.4 Å². The van der Waals surface area contributed by atoms with Crippen LogP contribution in [0.25, 0.3) is 0 Å². The SMILES string of the molecule is Cc1cc(N2CC[C@](Cc3ccccc3)(C(=O)O)[C@@H](O)C2)cc(C)n1. The van der Waals surface area contributed by atoms with Crippen LogP contribution < -0.4 is 4.90 Å². The summed E-state index contributed by atoms with van der Waals surface area (Å²) < 4.78 is 0. The third-order valence-electron chi connectivity index (χ3n) is 5.08. The van der Waals surface area contributed by atoms with Crippen LogP contribution in [0.3, 0.4) is 0 Å². The van der Waals surface area contributed by atoms with Gasteiger partial charge in [0.05, 0.1) is 6.10 Å². The molecule has 1 aliphatic rings. The van der Waals surface area contributed by atoms with E-state index < -0.39 is 17.5 Å². The molecule has 1 aromatic carbocycles. The number of aliphatic hydroxyl groups is 1. The number of anilines is 1. The molecule has 0 amide bonds. The number of β-amino-alcohol motifs (C(OH)–C–C–N with tert-alkyl or cyclic N) is 1. The summed E-state index contributed by atoms with van der Waals surface area (Å²) >= 11 is 0. The number of hydrogen-bond acceptors (Lipinski definition) is 4. The Morgan fingerprint density at radius 2 is 1.88 bits per heavy atom. The molecule has 25 heavy (non-hydrogen) atoms. The number of carbonyl (C=O) groups is 1. The van der Waals surface area contributed by atoms with E-state index in [0.717, 1.165) is 22.6 Å². The van der Waals surface area contributed by atoms with E-state index in [9.17, 15) is 15.0 Å². The molecule has 2 atom stereocenters. The van der Waals surface area contributed by atoms with Crippen molar-refractivity contribution in [2.24, 2.45) is 5.41 Å². The number of aliphatic carboxylic acids is 1. The van der Waals surface area contributed by atoms with Crippen LogP contribution in [0, 0.1) is 19.3 Å². The lowest BCUT2D eigenvalue weighted by molar-refractivity contribution is -0.158. The number of hydrogen-bond donors (Lipinski definition) is 2. The van der Waals surface area contributed by atoms with Crippen LogP contribution in [0.1, 0.15) is 23.4 Å². The Morgan fingerprint density at radius 3 is 2.44 bits per heavy atom. The maximum atomic E-state index is 12.1. The maximum Gasteiger partial charge on any atom is 0.312 e. The molecule has 0 spiro atoms. The first kappa shape index (κ1) is 17.4. The van der Waals surface area contributed by atoms with Gasteiger partial charge in [0.25, 0.3) is 0 Å². The fourth-order valence-electron chi connectivity index (χ4n) is 3.70. The minimum atomic E-state index is -1.14. The van der Waals surface area contributed by atoms with E-state index in [2.05, 4.69) is 9.88 Å². The zero-order valence-corrected chi connectivity index (χ0v) is 14.6. The number of benzene rings is 1. The Morgan fingerprint density at radius 1 is 1.24 bits per heavy atom. The van der Waals surface area contributed by atoms with Crippen LogP contribution in [0.15, 0.2) is 42.5 Å². The highest BCUT2D eigenvalue weighted by molar-refractivity contribution is 5.76. The third kappa shape index (κ3) is 3.51. The molecule has 1 aromatic heterocycles. The monoisotopic (exact) mass is 340 g/mol. The normalized spacial score (nSPS) is 23.5. The molecule has 2 heterocycles. The summed E-state index contributed by atoms with van der Waals surface area (Å²) in [6.45, 7) is 4.78. The quantitative estimate of drug-likeness (QED) is 0.895. The van der Waals surface area contributed by atoms with E-state index >= 15 is 0 Å². The second-order valence-electron chi connectivity index (χ2n) is 6.94. The van der Waals surface area contributed by atoms with E-state index in [0.29, 0.717) is 25.9 Å². The molecule has 1 saturated heterocycles. The molecule has 1 aliphatic heterocycles. The lowest BCUT2D eigenvalue weighted by Gasteiger charge is -2.43. The highest BCUT2D eigenvalue weighted by Crippen LogP contribution is 2.37. The average molecular weight is 340 g/mol. The van der Waals surface area contributed by atoms with Gasteiger partial charge >= 0.3 is 5.97 Å². The Hall–Kier alpha value is -2.40. The van der Waals surface area contributed by atoms with Crippen molar-refractivity contribution < 1.29 is 15.0 Å². The second kappa shape index (κ2) is 6.84. The number of piperidine rings is 1. The van der Waals surface area contributed by atoms with Gasteiger partial charge in [-0.05, 0) is 44.4 Å². The van der Waals surface area contributed by atoms with Gasteiger partial charge in [-0.2, -0.15) is 0 Å². The predicted molar refractivity (Wildman–Crippen MR) is 96.8 cm³/mol. The van der Waals surface area contributed by atoms with Crippen molar-refractivity contribution in [2.45, 2.75) is 32.8 Å². The van der Waals surface area contributed by atoms with Gasteiger partial charge in [-0.1, -0.05) is 30.3 Å². The van der Waals surface area contributed by atoms with Gasteiger partial charge in [0.2, 0.25) is 0 Å². The number of pyridine rings is 1. The molecule has 2 aromatic rings. The van der Waals surface area contributed by atoms with Crippen LogP contribution >= 0.6 is 0 Å². The molecular weight excluding hydrogens is 316 g/mol. The highest BCUT2D eigenvalue weighted by Gasteiger charge is 2.48. The van der Waals surface area contributed by atoms with Gasteiger partial charge in [-0.25, -0.2) is 0 Å². The Balaban J connectivity index is 1.84. The van der Waals surface area contributed by atoms with Crippen molar-refractivity contribution >= 4 is 11.7 Å². The average Bonchev–Trinajstić information content (AvgIpc) is 2.56. The summed E-state index contributed by atoms with van der Waals surface area (Å²) in [5, 5.41) is 20.7. The van der Waals surface area contributed by atoms with Crippen LogP contribution in [-0.2, 0) is 11.2 Å². The molecule has 2 N–H and O–H groups in total. The number of carboxylic acid groups (broad SMARTS) is 1. The predicted octanol–water partition coefficient (Wildman–Crippen LogP) is 2.58. The Bertz CT molecular complexity index is 743. The topological polar surface area (TPSA) is 73.7 Å². The number of rotatable bonds is 4. The summed E-state index contributed by atoms with van der Waals surface area (Å²) in [5.74, 6) is -0.925. The van der Waals surface area contributed by atoms with E-state index in [-0.39, 0.29) is 0 Å². The summed E-state index contributed by atoms with van der Waals surface area (Å²) in [7, 11) is 0. The van der Waals surface area contributed by atoms with Gasteiger partial charge in [-0.15, -0.1) is 0 Å². The minimum Gasteiger partial charge on any atom is -0.481 e. The molecule has 3 rings (SSSR count). The highest BCUT2D eigenvalue weighted by atomic mass is 16.4. The first-order valence-electron chi connectivity index (χ1n) is 8.56. The lowest BCUT2D eigenvalue weighted by atomic mass is 9.71. The molecule has 132 valence electrons. The summed E-state index contributed by atoms with van der Waals surface area (Å²) in [5.41, 5.74) is 2.62. The van der Waals surface area contributed by atoms with Crippen molar-refractivity contribution in [3.63, 3.8) is 0 Å². The van der Waals surface area contributed by atoms with Crippen LogP contribution in [0.2, 0.25) is 0 Å². The molecule has 5 heteroatoms. The Labute approximate surface area is 147 Å². The molecule has 5 nitrogen and oxygen atoms in total. The molecule has 0 unspecified atom stereocenters. The number of aryl methyl sites for hydroxylation is 2. The molecule has 0 aliphatic carbocycles. The summed E-state index contributed by atoms with van der Waals surface area (Å²) in [6.07, 6.45) is -0.196. The zero-order chi connectivity index (χ0) is 18.0. The van der Waals surface area contributed by atoms with Crippen LogP contribution in [0.4, 0.5) is 5.69 Å². The third-order valence-corrected chi connectivity index (χ3v) is 5.08. The standard InChI is InChI=1S/C20H24N2O3/c1-14-10-17(11-15(2)21-14)22-9-8-20(19(24)25,18(23)13-22)12-16-6-4-3-5-7-16/h3-7,10-11,18,23H,8-9,12-13H2,1-2H3,(H,24,25)/t18-,20+/m0/s1. The number of nitrogens with zero attached hydrogens (tertiary/aromatic N) is 2. The molecule has 1 fully saturated rings. The van der Waals surface area contributed by atoms with Gasteiger partial charge in [0.15, 0.2) is 0 Å². The fourth-order valence-corrected chi connectivity index (χ4v) is 3.70. The number of aromatic nitrogens is 1. The second-order valence-corrected chi connectivity index (χ2v) is 6.94. The van der Waals surface area contributed by atoms with E-state index in [1.54, 1.807) is 0 Å². The van der Waals surface area contributed by atoms with E-state index in [1.165, 1.54) is 0 Å². The summed E-state index contributed by atoms with van der Waals surface area (Å²) in [6, 6.07) is 13.5. The summed E-state index contributed by atoms with van der Waals surface area (Å²) in [4.78, 5) is 18.5. The van der Waals surface area contributed by atoms with Crippen molar-refractivity contribution in [2.75, 3.05) is 18.0 Å². The lowest BCUT2D eigenvalue weighted by Crippen LogP contribution is -2.56. The van der Waals surface area contributed by atoms with E-state index in [4.69, 9.17) is 0 Å². The van der Waals surface area contributed by atoms with Crippen molar-refractivity contribution in [3.8, 4) is 0 Å². The van der Waals surface area contributed by atoms with Gasteiger partial charge in [0, 0.05) is 30.2 Å². The number of aliphatic hydroxyl groups excluding tert-OH is 1. The maximum absolute atomic E-state index is 12.1. The van der Waals surface area contributed by atoms with Crippen molar-refractivity contribution in [1.29, 1.82) is 0 Å². The first-order chi connectivity index (χ1) is 11.9. The minimum absolute atomic E-state index is 0.308. The fraction of sp³-hybridized carbons (Fsp3) is 0.400. The van der Waals surface area contributed by atoms with Gasteiger partial charge in [0.1, 0.15) is 5.41 Å².